The molecule has 0 aromatic carbocycles. The fourth-order valence-corrected chi connectivity index (χ4v) is 1.45. The van der Waals surface area contributed by atoms with Crippen LogP contribution in [0.25, 0.3) is 0 Å². The summed E-state index contributed by atoms with van der Waals surface area (Å²) in [5.74, 6) is 0. The maximum Gasteiger partial charge on any atom is 0.0720 e. The Labute approximate surface area is 97.9 Å². The fourth-order valence-electron chi connectivity index (χ4n) is 1.45. The summed E-state index contributed by atoms with van der Waals surface area (Å²) in [4.78, 5) is 4.37. The molecule has 2 N–H and O–H groups in total. The third kappa shape index (κ3) is 5.24. The van der Waals surface area contributed by atoms with Crippen LogP contribution >= 0.6 is 0 Å². The van der Waals surface area contributed by atoms with Crippen LogP contribution in [0.1, 0.15) is 32.2 Å². The molecule has 1 aromatic rings. The Kier molecular flexibility index (Phi) is 4.44. The number of aryl methyl sites for hydroxylation is 1. The summed E-state index contributed by atoms with van der Waals surface area (Å²) in [6.45, 7) is 8.82. The number of pyridine rings is 1. The third-order valence-electron chi connectivity index (χ3n) is 2.26. The van der Waals surface area contributed by atoms with Gasteiger partial charge in [0.05, 0.1) is 6.10 Å². The molecule has 1 atom stereocenters. The second-order valence-corrected chi connectivity index (χ2v) is 5.26. The van der Waals surface area contributed by atoms with Crippen LogP contribution in [-0.2, 0) is 6.42 Å². The first-order valence-electron chi connectivity index (χ1n) is 5.72. The molecule has 90 valence electrons. The van der Waals surface area contributed by atoms with Crippen LogP contribution < -0.4 is 5.32 Å². The van der Waals surface area contributed by atoms with Gasteiger partial charge in [0.2, 0.25) is 0 Å². The summed E-state index contributed by atoms with van der Waals surface area (Å²) >= 11 is 0. The minimum absolute atomic E-state index is 0.0427. The quantitative estimate of drug-likeness (QED) is 0.814. The average Bonchev–Trinajstić information content (AvgIpc) is 2.14. The number of aliphatic hydroxyl groups is 1. The van der Waals surface area contributed by atoms with Crippen LogP contribution in [-0.4, -0.2) is 28.3 Å². The van der Waals surface area contributed by atoms with Gasteiger partial charge in [-0.3, -0.25) is 4.98 Å². The van der Waals surface area contributed by atoms with Crippen LogP contribution in [0.4, 0.5) is 0 Å². The lowest BCUT2D eigenvalue weighted by Gasteiger charge is -2.22. The van der Waals surface area contributed by atoms with E-state index < -0.39 is 0 Å². The second-order valence-electron chi connectivity index (χ2n) is 5.26. The second kappa shape index (κ2) is 5.41. The zero-order valence-corrected chi connectivity index (χ0v) is 10.6. The van der Waals surface area contributed by atoms with Crippen LogP contribution in [0.3, 0.4) is 0 Å². The van der Waals surface area contributed by atoms with Crippen molar-refractivity contribution >= 4 is 0 Å². The van der Waals surface area contributed by atoms with Crippen molar-refractivity contribution in [2.45, 2.75) is 45.8 Å². The van der Waals surface area contributed by atoms with Gasteiger partial charge in [-0.1, -0.05) is 6.07 Å². The van der Waals surface area contributed by atoms with E-state index in [1.165, 1.54) is 0 Å². The van der Waals surface area contributed by atoms with E-state index >= 15 is 0 Å². The molecule has 0 saturated heterocycles. The molecule has 0 aliphatic rings. The molecule has 0 amide bonds. The Balaban J connectivity index is 2.43. The van der Waals surface area contributed by atoms with Gasteiger partial charge in [0.15, 0.2) is 0 Å². The van der Waals surface area contributed by atoms with Gasteiger partial charge in [0.1, 0.15) is 0 Å². The summed E-state index contributed by atoms with van der Waals surface area (Å²) in [5.41, 5.74) is 1.98. The van der Waals surface area contributed by atoms with Gasteiger partial charge in [0, 0.05) is 29.9 Å². The van der Waals surface area contributed by atoms with E-state index in [2.05, 4.69) is 31.1 Å². The molecule has 3 heteroatoms. The Bertz CT molecular complexity index is 331. The zero-order valence-electron chi connectivity index (χ0n) is 10.6. The number of hydrogen-bond donors (Lipinski definition) is 2. The number of nitrogens with zero attached hydrogens (tertiary/aromatic N) is 1. The number of rotatable bonds is 4. The highest BCUT2D eigenvalue weighted by Crippen LogP contribution is 2.03. The maximum absolute atomic E-state index is 9.85. The molecule has 3 nitrogen and oxygen atoms in total. The molecular weight excluding hydrogens is 200 g/mol. The van der Waals surface area contributed by atoms with Gasteiger partial charge in [-0.15, -0.1) is 0 Å². The first kappa shape index (κ1) is 13.1. The van der Waals surface area contributed by atoms with Gasteiger partial charge >= 0.3 is 0 Å². The number of aromatic nitrogens is 1. The van der Waals surface area contributed by atoms with E-state index in [9.17, 15) is 5.11 Å². The van der Waals surface area contributed by atoms with Crippen LogP contribution in [0.15, 0.2) is 18.2 Å². The van der Waals surface area contributed by atoms with E-state index in [0.717, 1.165) is 11.4 Å². The Morgan fingerprint density at radius 2 is 2.06 bits per heavy atom. The molecule has 0 fully saturated rings. The van der Waals surface area contributed by atoms with E-state index in [1.807, 2.05) is 25.1 Å². The summed E-state index contributed by atoms with van der Waals surface area (Å²) in [5, 5.41) is 13.1. The van der Waals surface area contributed by atoms with Crippen molar-refractivity contribution in [2.75, 3.05) is 6.54 Å². The van der Waals surface area contributed by atoms with Crippen molar-refractivity contribution in [3.8, 4) is 0 Å². The van der Waals surface area contributed by atoms with Crippen molar-refractivity contribution < 1.29 is 5.11 Å². The van der Waals surface area contributed by atoms with Crippen LogP contribution in [0.2, 0.25) is 0 Å². The average molecular weight is 222 g/mol. The minimum Gasteiger partial charge on any atom is -0.391 e. The summed E-state index contributed by atoms with van der Waals surface area (Å²) in [6.07, 6.45) is 0.221. The first-order valence-corrected chi connectivity index (χ1v) is 5.72. The molecule has 1 aromatic heterocycles. The third-order valence-corrected chi connectivity index (χ3v) is 2.26. The van der Waals surface area contributed by atoms with Crippen LogP contribution in [0.5, 0.6) is 0 Å². The van der Waals surface area contributed by atoms with Gasteiger partial charge in [-0.25, -0.2) is 0 Å². The molecule has 16 heavy (non-hydrogen) atoms. The Morgan fingerprint density at radius 3 is 2.62 bits per heavy atom. The number of hydrogen-bond acceptors (Lipinski definition) is 3. The lowest BCUT2D eigenvalue weighted by atomic mass is 10.1. The molecule has 1 heterocycles. The van der Waals surface area contributed by atoms with Gasteiger partial charge < -0.3 is 10.4 Å². The number of aliphatic hydroxyl groups excluding tert-OH is 1. The zero-order chi connectivity index (χ0) is 12.2. The van der Waals surface area contributed by atoms with Crippen molar-refractivity contribution in [3.05, 3.63) is 29.6 Å². The van der Waals surface area contributed by atoms with Crippen molar-refractivity contribution in [1.82, 2.24) is 10.3 Å². The lowest BCUT2D eigenvalue weighted by Crippen LogP contribution is -2.41. The molecule has 0 radical (unpaired) electrons. The fraction of sp³-hybridized carbons (Fsp3) is 0.615. The van der Waals surface area contributed by atoms with E-state index in [0.29, 0.717) is 13.0 Å². The molecular formula is C13H22N2O. The van der Waals surface area contributed by atoms with Crippen molar-refractivity contribution in [3.63, 3.8) is 0 Å². The highest BCUT2D eigenvalue weighted by molar-refractivity contribution is 5.10. The number of nitrogens with one attached hydrogen (secondary N) is 1. The largest absolute Gasteiger partial charge is 0.391 e. The number of β-amino-alcohol motifs (C(OH)–C–C–N with tert-alkyl or cyclic N) is 1. The highest BCUT2D eigenvalue weighted by Gasteiger charge is 2.12. The summed E-state index contributed by atoms with van der Waals surface area (Å²) in [6, 6.07) is 5.89. The Morgan fingerprint density at radius 1 is 1.38 bits per heavy atom. The van der Waals surface area contributed by atoms with Crippen molar-refractivity contribution in [1.29, 1.82) is 0 Å². The lowest BCUT2D eigenvalue weighted by molar-refractivity contribution is 0.160. The predicted octanol–water partition coefficient (Wildman–Crippen LogP) is 1.68. The minimum atomic E-state index is -0.381. The van der Waals surface area contributed by atoms with E-state index in [1.54, 1.807) is 0 Å². The van der Waals surface area contributed by atoms with Crippen LogP contribution in [0, 0.1) is 6.92 Å². The topological polar surface area (TPSA) is 45.1 Å². The first-order chi connectivity index (χ1) is 7.37. The maximum atomic E-state index is 9.85. The standard InChI is InChI=1S/C13H22N2O/c1-10-6-5-7-11(15-10)8-12(16)9-14-13(2,3)4/h5-7,12,14,16H,8-9H2,1-4H3/t12-/m0/s1. The molecule has 1 rings (SSSR count). The SMILES string of the molecule is Cc1cccc(C[C@H](O)CNC(C)(C)C)n1. The highest BCUT2D eigenvalue weighted by atomic mass is 16.3. The summed E-state index contributed by atoms with van der Waals surface area (Å²) < 4.78 is 0. The molecule has 0 saturated carbocycles. The predicted molar refractivity (Wildman–Crippen MR) is 66.4 cm³/mol. The van der Waals surface area contributed by atoms with Crippen molar-refractivity contribution in [2.24, 2.45) is 0 Å². The monoisotopic (exact) mass is 222 g/mol. The molecule has 0 spiro atoms. The van der Waals surface area contributed by atoms with Gasteiger partial charge in [0.25, 0.3) is 0 Å². The van der Waals surface area contributed by atoms with E-state index in [4.69, 9.17) is 0 Å². The normalized spacial score (nSPS) is 13.8. The van der Waals surface area contributed by atoms with Gasteiger partial charge in [-0.05, 0) is 39.8 Å². The van der Waals surface area contributed by atoms with Gasteiger partial charge in [-0.2, -0.15) is 0 Å². The molecule has 0 aliphatic heterocycles. The smallest absolute Gasteiger partial charge is 0.0720 e. The molecule has 0 unspecified atom stereocenters. The molecule has 0 aliphatic carbocycles. The molecule has 0 bridgehead atoms. The van der Waals surface area contributed by atoms with E-state index in [-0.39, 0.29) is 11.6 Å². The Hall–Kier alpha value is -0.930. The summed E-state index contributed by atoms with van der Waals surface area (Å²) in [7, 11) is 0.